The zero-order valence-corrected chi connectivity index (χ0v) is 9.96. The summed E-state index contributed by atoms with van der Waals surface area (Å²) in [5, 5.41) is 14.8. The van der Waals surface area contributed by atoms with E-state index in [1.807, 2.05) is 37.4 Å². The summed E-state index contributed by atoms with van der Waals surface area (Å²) in [6, 6.07) is 12.8. The lowest BCUT2D eigenvalue weighted by Crippen LogP contribution is -1.94. The highest BCUT2D eigenvalue weighted by atomic mass is 16.3. The number of aromatic hydroxyl groups is 1. The first-order valence-corrected chi connectivity index (χ1v) is 5.67. The van der Waals surface area contributed by atoms with Gasteiger partial charge in [0, 0.05) is 18.0 Å². The van der Waals surface area contributed by atoms with Crippen molar-refractivity contribution in [1.29, 1.82) is 0 Å². The van der Waals surface area contributed by atoms with Crippen LogP contribution in [0.1, 0.15) is 0 Å². The van der Waals surface area contributed by atoms with E-state index < -0.39 is 0 Å². The van der Waals surface area contributed by atoms with Crippen LogP contribution in [0.4, 0.5) is 5.69 Å². The molecule has 1 heterocycles. The number of rotatable bonds is 1. The molecule has 2 aromatic carbocycles. The number of phenols is 1. The number of para-hydroxylation sites is 1. The standard InChI is InChI=1S/C14H13N3O/c1-17-14-11(3-2-4-12(14)15)13(16-17)9-5-7-10(18)8-6-9/h2-8,18H,15H2,1H3. The Kier molecular flexibility index (Phi) is 2.23. The number of nitrogens with two attached hydrogens (primary N) is 1. The molecule has 0 saturated heterocycles. The van der Waals surface area contributed by atoms with Crippen LogP contribution in [0, 0.1) is 0 Å². The van der Waals surface area contributed by atoms with Crippen molar-refractivity contribution >= 4 is 16.6 Å². The molecule has 0 aliphatic heterocycles. The fourth-order valence-electron chi connectivity index (χ4n) is 2.20. The fraction of sp³-hybridized carbons (Fsp3) is 0.0714. The minimum absolute atomic E-state index is 0.249. The van der Waals surface area contributed by atoms with Crippen molar-refractivity contribution in [2.75, 3.05) is 5.73 Å². The van der Waals surface area contributed by atoms with Crippen molar-refractivity contribution in [1.82, 2.24) is 9.78 Å². The molecular formula is C14H13N3O. The zero-order valence-electron chi connectivity index (χ0n) is 9.96. The van der Waals surface area contributed by atoms with E-state index >= 15 is 0 Å². The maximum Gasteiger partial charge on any atom is 0.115 e. The lowest BCUT2D eigenvalue weighted by molar-refractivity contribution is 0.475. The molecule has 4 heteroatoms. The lowest BCUT2D eigenvalue weighted by atomic mass is 10.1. The van der Waals surface area contributed by atoms with Crippen molar-refractivity contribution in [2.24, 2.45) is 7.05 Å². The molecule has 3 aromatic rings. The fourth-order valence-corrected chi connectivity index (χ4v) is 2.20. The van der Waals surface area contributed by atoms with Gasteiger partial charge in [0.15, 0.2) is 0 Å². The highest BCUT2D eigenvalue weighted by Crippen LogP contribution is 2.31. The minimum atomic E-state index is 0.249. The normalized spacial score (nSPS) is 10.9. The molecular weight excluding hydrogens is 226 g/mol. The van der Waals surface area contributed by atoms with Gasteiger partial charge in [-0.3, -0.25) is 4.68 Å². The first kappa shape index (κ1) is 10.7. The molecule has 0 spiro atoms. The molecule has 90 valence electrons. The summed E-state index contributed by atoms with van der Waals surface area (Å²) in [6.45, 7) is 0. The Balaban J connectivity index is 2.30. The molecule has 0 unspecified atom stereocenters. The van der Waals surface area contributed by atoms with E-state index in [1.165, 1.54) is 0 Å². The number of nitrogen functional groups attached to an aromatic ring is 1. The number of phenolic OH excluding ortho intramolecular Hbond substituents is 1. The van der Waals surface area contributed by atoms with Gasteiger partial charge in [-0.2, -0.15) is 5.10 Å². The van der Waals surface area contributed by atoms with Gasteiger partial charge in [-0.25, -0.2) is 0 Å². The van der Waals surface area contributed by atoms with Crippen LogP contribution in [0.25, 0.3) is 22.2 Å². The van der Waals surface area contributed by atoms with Crippen LogP contribution in [-0.4, -0.2) is 14.9 Å². The van der Waals surface area contributed by atoms with Crippen LogP contribution in [0.2, 0.25) is 0 Å². The summed E-state index contributed by atoms with van der Waals surface area (Å²) in [5.41, 5.74) is 9.45. The van der Waals surface area contributed by atoms with E-state index in [-0.39, 0.29) is 5.75 Å². The third-order valence-electron chi connectivity index (χ3n) is 3.04. The summed E-state index contributed by atoms with van der Waals surface area (Å²) in [7, 11) is 1.88. The van der Waals surface area contributed by atoms with Crippen LogP contribution in [-0.2, 0) is 7.05 Å². The molecule has 0 atom stereocenters. The number of nitrogens with zero attached hydrogens (tertiary/aromatic N) is 2. The first-order valence-electron chi connectivity index (χ1n) is 5.67. The van der Waals surface area contributed by atoms with Crippen LogP contribution >= 0.6 is 0 Å². The van der Waals surface area contributed by atoms with Crippen LogP contribution in [0.3, 0.4) is 0 Å². The van der Waals surface area contributed by atoms with Crippen molar-refractivity contribution in [3.8, 4) is 17.0 Å². The average molecular weight is 239 g/mol. The van der Waals surface area contributed by atoms with E-state index in [4.69, 9.17) is 5.73 Å². The van der Waals surface area contributed by atoms with Crippen LogP contribution in [0.15, 0.2) is 42.5 Å². The molecule has 1 aromatic heterocycles. The van der Waals surface area contributed by atoms with E-state index in [9.17, 15) is 5.11 Å². The Morgan fingerprint density at radius 1 is 1.11 bits per heavy atom. The van der Waals surface area contributed by atoms with Crippen LogP contribution < -0.4 is 5.73 Å². The molecule has 3 rings (SSSR count). The second kappa shape index (κ2) is 3.77. The summed E-state index contributed by atoms with van der Waals surface area (Å²) >= 11 is 0. The Morgan fingerprint density at radius 2 is 1.83 bits per heavy atom. The summed E-state index contributed by atoms with van der Waals surface area (Å²) < 4.78 is 1.78. The smallest absolute Gasteiger partial charge is 0.115 e. The molecule has 0 fully saturated rings. The highest BCUT2D eigenvalue weighted by Gasteiger charge is 2.12. The number of hydrogen-bond donors (Lipinski definition) is 2. The molecule has 18 heavy (non-hydrogen) atoms. The van der Waals surface area contributed by atoms with Gasteiger partial charge in [-0.1, -0.05) is 12.1 Å². The number of fused-ring (bicyclic) bond motifs is 1. The van der Waals surface area contributed by atoms with Gasteiger partial charge in [0.05, 0.1) is 11.2 Å². The number of hydrogen-bond acceptors (Lipinski definition) is 3. The predicted molar refractivity (Wildman–Crippen MR) is 72.2 cm³/mol. The predicted octanol–water partition coefficient (Wildman–Crippen LogP) is 2.53. The summed E-state index contributed by atoms with van der Waals surface area (Å²) in [6.07, 6.45) is 0. The van der Waals surface area contributed by atoms with Crippen LogP contribution in [0.5, 0.6) is 5.75 Å². The number of benzene rings is 2. The quantitative estimate of drug-likeness (QED) is 0.641. The van der Waals surface area contributed by atoms with E-state index in [1.54, 1.807) is 16.8 Å². The third kappa shape index (κ3) is 1.50. The lowest BCUT2D eigenvalue weighted by Gasteiger charge is -1.99. The molecule has 0 aliphatic rings. The topological polar surface area (TPSA) is 64.1 Å². The zero-order chi connectivity index (χ0) is 12.7. The molecule has 0 saturated carbocycles. The molecule has 3 N–H and O–H groups in total. The SMILES string of the molecule is Cn1nc(-c2ccc(O)cc2)c2cccc(N)c21. The van der Waals surface area contributed by atoms with Gasteiger partial charge < -0.3 is 10.8 Å². The highest BCUT2D eigenvalue weighted by molar-refractivity contribution is 5.99. The second-order valence-corrected chi connectivity index (χ2v) is 4.26. The Morgan fingerprint density at radius 3 is 2.56 bits per heavy atom. The first-order chi connectivity index (χ1) is 8.66. The Bertz CT molecular complexity index is 714. The maximum atomic E-state index is 9.32. The van der Waals surface area contributed by atoms with E-state index in [0.29, 0.717) is 5.69 Å². The average Bonchev–Trinajstić information content (AvgIpc) is 2.69. The van der Waals surface area contributed by atoms with Crippen molar-refractivity contribution in [3.05, 3.63) is 42.5 Å². The Labute approximate surface area is 104 Å². The van der Waals surface area contributed by atoms with Gasteiger partial charge in [0.2, 0.25) is 0 Å². The second-order valence-electron chi connectivity index (χ2n) is 4.26. The molecule has 0 amide bonds. The van der Waals surface area contributed by atoms with Crippen molar-refractivity contribution < 1.29 is 5.11 Å². The molecule has 0 aliphatic carbocycles. The van der Waals surface area contributed by atoms with Gasteiger partial charge in [0.1, 0.15) is 11.4 Å². The third-order valence-corrected chi connectivity index (χ3v) is 3.04. The molecule has 0 radical (unpaired) electrons. The molecule has 4 nitrogen and oxygen atoms in total. The van der Waals surface area contributed by atoms with Crippen molar-refractivity contribution in [2.45, 2.75) is 0 Å². The molecule has 0 bridgehead atoms. The summed E-state index contributed by atoms with van der Waals surface area (Å²) in [4.78, 5) is 0. The number of aryl methyl sites for hydroxylation is 1. The minimum Gasteiger partial charge on any atom is -0.508 e. The maximum absolute atomic E-state index is 9.32. The van der Waals surface area contributed by atoms with Gasteiger partial charge >= 0.3 is 0 Å². The monoisotopic (exact) mass is 239 g/mol. The van der Waals surface area contributed by atoms with Crippen molar-refractivity contribution in [3.63, 3.8) is 0 Å². The van der Waals surface area contributed by atoms with E-state index in [2.05, 4.69) is 5.10 Å². The summed E-state index contributed by atoms with van der Waals surface area (Å²) in [5.74, 6) is 0.249. The van der Waals surface area contributed by atoms with Gasteiger partial charge in [-0.15, -0.1) is 0 Å². The van der Waals surface area contributed by atoms with Gasteiger partial charge in [0.25, 0.3) is 0 Å². The number of aromatic nitrogens is 2. The van der Waals surface area contributed by atoms with E-state index in [0.717, 1.165) is 22.2 Å². The Hall–Kier alpha value is -2.49. The number of anilines is 1. The van der Waals surface area contributed by atoms with Gasteiger partial charge in [-0.05, 0) is 30.3 Å². The largest absolute Gasteiger partial charge is 0.508 e.